The fourth-order valence-corrected chi connectivity index (χ4v) is 3.65. The van der Waals surface area contributed by atoms with Crippen LogP contribution in [0.2, 0.25) is 0 Å². The molecule has 0 spiro atoms. The Hall–Kier alpha value is -1.28. The standard InChI is InChI=1S/C14H17BrN4O2S/c1-9(2)7-19-14(16-17-18-19)22-8-10-5-12-13(6-11(10)15)21-4-3-20-12/h5-6,9H,3-4,7-8H2,1-2H3. The van der Waals surface area contributed by atoms with Crippen LogP contribution in [-0.4, -0.2) is 33.4 Å². The molecule has 0 aliphatic carbocycles. The maximum Gasteiger partial charge on any atom is 0.209 e. The summed E-state index contributed by atoms with van der Waals surface area (Å²) in [6.07, 6.45) is 0. The monoisotopic (exact) mass is 384 g/mol. The Morgan fingerprint density at radius 3 is 2.73 bits per heavy atom. The van der Waals surface area contributed by atoms with E-state index in [0.29, 0.717) is 19.1 Å². The molecule has 2 heterocycles. The summed E-state index contributed by atoms with van der Waals surface area (Å²) in [5.74, 6) is 2.85. The van der Waals surface area contributed by atoms with E-state index in [1.807, 2.05) is 16.8 Å². The Morgan fingerprint density at radius 1 is 1.27 bits per heavy atom. The topological polar surface area (TPSA) is 62.1 Å². The van der Waals surface area contributed by atoms with Gasteiger partial charge in [-0.2, -0.15) is 0 Å². The first-order valence-corrected chi connectivity index (χ1v) is 8.88. The summed E-state index contributed by atoms with van der Waals surface area (Å²) in [6, 6.07) is 3.98. The van der Waals surface area contributed by atoms with E-state index in [4.69, 9.17) is 9.47 Å². The van der Waals surface area contributed by atoms with E-state index >= 15 is 0 Å². The van der Waals surface area contributed by atoms with Crippen molar-refractivity contribution in [1.82, 2.24) is 20.2 Å². The van der Waals surface area contributed by atoms with Gasteiger partial charge in [0.05, 0.1) is 0 Å². The molecule has 8 heteroatoms. The third-order valence-electron chi connectivity index (χ3n) is 3.11. The molecule has 0 amide bonds. The highest BCUT2D eigenvalue weighted by Crippen LogP contribution is 2.37. The van der Waals surface area contributed by atoms with Crippen LogP contribution in [0.5, 0.6) is 11.5 Å². The lowest BCUT2D eigenvalue weighted by Crippen LogP contribution is -2.15. The molecule has 1 aromatic carbocycles. The molecule has 0 bridgehead atoms. The van der Waals surface area contributed by atoms with Gasteiger partial charge in [0.15, 0.2) is 11.5 Å². The van der Waals surface area contributed by atoms with Gasteiger partial charge in [0.1, 0.15) is 13.2 Å². The van der Waals surface area contributed by atoms with Crippen molar-refractivity contribution in [3.8, 4) is 11.5 Å². The lowest BCUT2D eigenvalue weighted by molar-refractivity contribution is 0.171. The quantitative estimate of drug-likeness (QED) is 0.737. The molecule has 118 valence electrons. The van der Waals surface area contributed by atoms with Crippen molar-refractivity contribution in [2.45, 2.75) is 31.3 Å². The molecule has 0 unspecified atom stereocenters. The number of halogens is 1. The van der Waals surface area contributed by atoms with Gasteiger partial charge in [0.25, 0.3) is 0 Å². The molecule has 0 radical (unpaired) electrons. The fraction of sp³-hybridized carbons (Fsp3) is 0.500. The van der Waals surface area contributed by atoms with Crippen molar-refractivity contribution in [2.75, 3.05) is 13.2 Å². The highest BCUT2D eigenvalue weighted by molar-refractivity contribution is 9.10. The summed E-state index contributed by atoms with van der Waals surface area (Å²) < 4.78 is 14.1. The molecule has 2 aromatic rings. The summed E-state index contributed by atoms with van der Waals surface area (Å²) in [5, 5.41) is 12.7. The number of thioether (sulfide) groups is 1. The summed E-state index contributed by atoms with van der Waals surface area (Å²) in [6.45, 7) is 6.30. The number of ether oxygens (including phenoxy) is 2. The van der Waals surface area contributed by atoms with Gasteiger partial charge in [-0.15, -0.1) is 5.10 Å². The number of tetrazole rings is 1. The molecule has 22 heavy (non-hydrogen) atoms. The van der Waals surface area contributed by atoms with E-state index < -0.39 is 0 Å². The Labute approximate surface area is 141 Å². The first-order chi connectivity index (χ1) is 10.6. The molecule has 0 N–H and O–H groups in total. The van der Waals surface area contributed by atoms with Crippen LogP contribution >= 0.6 is 27.7 Å². The minimum atomic E-state index is 0.504. The lowest BCUT2D eigenvalue weighted by atomic mass is 10.2. The second kappa shape index (κ2) is 6.87. The summed E-state index contributed by atoms with van der Waals surface area (Å²) >= 11 is 5.21. The van der Waals surface area contributed by atoms with Gasteiger partial charge in [-0.25, -0.2) is 4.68 Å². The van der Waals surface area contributed by atoms with E-state index in [1.165, 1.54) is 0 Å². The summed E-state index contributed by atoms with van der Waals surface area (Å²) in [4.78, 5) is 0. The maximum atomic E-state index is 5.63. The highest BCUT2D eigenvalue weighted by atomic mass is 79.9. The van der Waals surface area contributed by atoms with Crippen LogP contribution in [0.3, 0.4) is 0 Å². The number of hydrogen-bond acceptors (Lipinski definition) is 6. The van der Waals surface area contributed by atoms with E-state index in [-0.39, 0.29) is 0 Å². The molecule has 3 rings (SSSR count). The van der Waals surface area contributed by atoms with Crippen LogP contribution in [-0.2, 0) is 12.3 Å². The Balaban J connectivity index is 1.73. The Bertz CT molecular complexity index is 662. The molecular formula is C14H17BrN4O2S. The lowest BCUT2D eigenvalue weighted by Gasteiger charge is -2.19. The average molecular weight is 385 g/mol. The first kappa shape index (κ1) is 15.6. The smallest absolute Gasteiger partial charge is 0.209 e. The zero-order valence-electron chi connectivity index (χ0n) is 12.5. The average Bonchev–Trinajstić information content (AvgIpc) is 2.91. The first-order valence-electron chi connectivity index (χ1n) is 7.10. The minimum absolute atomic E-state index is 0.504. The fourth-order valence-electron chi connectivity index (χ4n) is 2.12. The maximum absolute atomic E-state index is 5.63. The van der Waals surface area contributed by atoms with Gasteiger partial charge in [0.2, 0.25) is 5.16 Å². The van der Waals surface area contributed by atoms with Crippen molar-refractivity contribution in [2.24, 2.45) is 5.92 Å². The molecule has 0 fully saturated rings. The van der Waals surface area contributed by atoms with Crippen LogP contribution in [0, 0.1) is 5.92 Å². The van der Waals surface area contributed by atoms with Gasteiger partial charge in [-0.1, -0.05) is 41.5 Å². The van der Waals surface area contributed by atoms with Gasteiger partial charge < -0.3 is 9.47 Å². The molecule has 0 atom stereocenters. The highest BCUT2D eigenvalue weighted by Gasteiger charge is 2.16. The minimum Gasteiger partial charge on any atom is -0.486 e. The van der Waals surface area contributed by atoms with E-state index in [2.05, 4.69) is 45.3 Å². The van der Waals surface area contributed by atoms with Crippen LogP contribution < -0.4 is 9.47 Å². The van der Waals surface area contributed by atoms with Gasteiger partial charge in [-0.3, -0.25) is 0 Å². The number of fused-ring (bicyclic) bond motifs is 1. The predicted octanol–water partition coefficient (Wildman–Crippen LogP) is 3.16. The number of hydrogen-bond donors (Lipinski definition) is 0. The van der Waals surface area contributed by atoms with Crippen molar-refractivity contribution < 1.29 is 9.47 Å². The van der Waals surface area contributed by atoms with Crippen molar-refractivity contribution >= 4 is 27.7 Å². The second-order valence-corrected chi connectivity index (χ2v) is 7.21. The number of aromatic nitrogens is 4. The Morgan fingerprint density at radius 2 is 2.00 bits per heavy atom. The van der Waals surface area contributed by atoms with E-state index in [1.54, 1.807) is 11.8 Å². The summed E-state index contributed by atoms with van der Waals surface area (Å²) in [7, 11) is 0. The molecule has 1 aliphatic heterocycles. The van der Waals surface area contributed by atoms with Crippen LogP contribution in [0.15, 0.2) is 21.8 Å². The van der Waals surface area contributed by atoms with Crippen LogP contribution in [0.25, 0.3) is 0 Å². The normalized spacial score (nSPS) is 13.6. The molecule has 1 aliphatic rings. The van der Waals surface area contributed by atoms with Crippen LogP contribution in [0.1, 0.15) is 19.4 Å². The zero-order valence-corrected chi connectivity index (χ0v) is 14.9. The third kappa shape index (κ3) is 3.55. The molecule has 0 saturated carbocycles. The zero-order chi connectivity index (χ0) is 15.5. The van der Waals surface area contributed by atoms with Gasteiger partial charge in [-0.05, 0) is 34.0 Å². The predicted molar refractivity (Wildman–Crippen MR) is 87.3 cm³/mol. The largest absolute Gasteiger partial charge is 0.486 e. The van der Waals surface area contributed by atoms with E-state index in [9.17, 15) is 0 Å². The summed E-state index contributed by atoms with van der Waals surface area (Å²) in [5.41, 5.74) is 1.13. The van der Waals surface area contributed by atoms with Gasteiger partial charge in [0, 0.05) is 16.8 Å². The van der Waals surface area contributed by atoms with Crippen LogP contribution in [0.4, 0.5) is 0 Å². The molecule has 6 nitrogen and oxygen atoms in total. The molecule has 0 saturated heterocycles. The van der Waals surface area contributed by atoms with Gasteiger partial charge >= 0.3 is 0 Å². The van der Waals surface area contributed by atoms with Crippen molar-refractivity contribution in [1.29, 1.82) is 0 Å². The number of rotatable bonds is 5. The number of benzene rings is 1. The van der Waals surface area contributed by atoms with Crippen molar-refractivity contribution in [3.05, 3.63) is 22.2 Å². The van der Waals surface area contributed by atoms with E-state index in [0.717, 1.165) is 39.0 Å². The Kier molecular flexibility index (Phi) is 4.87. The molecular weight excluding hydrogens is 368 g/mol. The SMILES string of the molecule is CC(C)Cn1nnnc1SCc1cc2c(cc1Br)OCCO2. The third-order valence-corrected chi connectivity index (χ3v) is 4.85. The molecule has 1 aromatic heterocycles. The second-order valence-electron chi connectivity index (χ2n) is 5.41. The van der Waals surface area contributed by atoms with Crippen molar-refractivity contribution in [3.63, 3.8) is 0 Å². The number of nitrogens with zero attached hydrogens (tertiary/aromatic N) is 4.